The molecule has 1 aliphatic rings. The SMILES string of the molecule is COc1ccc(C(=O)N2CCc3c(CN(C)C)nn(C)c3C2)cc1. The first-order valence-corrected chi connectivity index (χ1v) is 8.11. The van der Waals surface area contributed by atoms with Gasteiger partial charge in [0.05, 0.1) is 25.0 Å². The average Bonchev–Trinajstić information content (AvgIpc) is 2.89. The summed E-state index contributed by atoms with van der Waals surface area (Å²) in [6.45, 7) is 2.16. The maximum atomic E-state index is 12.8. The van der Waals surface area contributed by atoms with Gasteiger partial charge in [0.1, 0.15) is 5.75 Å². The van der Waals surface area contributed by atoms with Crippen LogP contribution in [0.3, 0.4) is 0 Å². The highest BCUT2D eigenvalue weighted by molar-refractivity contribution is 5.94. The third kappa shape index (κ3) is 3.14. The molecule has 0 aliphatic carbocycles. The summed E-state index contributed by atoms with van der Waals surface area (Å²) in [5.74, 6) is 0.811. The largest absolute Gasteiger partial charge is 0.497 e. The predicted octanol–water partition coefficient (Wildman–Crippen LogP) is 1.69. The minimum Gasteiger partial charge on any atom is -0.497 e. The number of carbonyl (C=O) groups excluding carboxylic acids is 1. The van der Waals surface area contributed by atoms with Gasteiger partial charge in [0.25, 0.3) is 5.91 Å². The second-order valence-corrected chi connectivity index (χ2v) is 6.44. The van der Waals surface area contributed by atoms with E-state index in [9.17, 15) is 4.79 Å². The van der Waals surface area contributed by atoms with Gasteiger partial charge < -0.3 is 14.5 Å². The first-order chi connectivity index (χ1) is 11.5. The highest BCUT2D eigenvalue weighted by Crippen LogP contribution is 2.24. The third-order valence-corrected chi connectivity index (χ3v) is 4.42. The smallest absolute Gasteiger partial charge is 0.254 e. The Kier molecular flexibility index (Phi) is 4.57. The summed E-state index contributed by atoms with van der Waals surface area (Å²) in [6.07, 6.45) is 0.855. The number of fused-ring (bicyclic) bond motifs is 1. The fourth-order valence-corrected chi connectivity index (χ4v) is 3.17. The van der Waals surface area contributed by atoms with Gasteiger partial charge in [-0.15, -0.1) is 0 Å². The van der Waals surface area contributed by atoms with E-state index in [1.165, 1.54) is 5.56 Å². The van der Waals surface area contributed by atoms with Crippen molar-refractivity contribution in [1.29, 1.82) is 0 Å². The molecule has 0 radical (unpaired) electrons. The molecule has 3 rings (SSSR count). The summed E-state index contributed by atoms with van der Waals surface area (Å²) in [6, 6.07) is 7.28. The van der Waals surface area contributed by atoms with E-state index in [0.717, 1.165) is 36.6 Å². The number of ether oxygens (including phenoxy) is 1. The van der Waals surface area contributed by atoms with Crippen molar-refractivity contribution in [3.63, 3.8) is 0 Å². The number of aromatic nitrogens is 2. The van der Waals surface area contributed by atoms with Crippen molar-refractivity contribution in [2.75, 3.05) is 27.7 Å². The monoisotopic (exact) mass is 328 g/mol. The Hall–Kier alpha value is -2.34. The van der Waals surface area contributed by atoms with E-state index in [2.05, 4.69) is 10.00 Å². The number of benzene rings is 1. The molecule has 1 aromatic carbocycles. The number of nitrogens with zero attached hydrogens (tertiary/aromatic N) is 4. The second kappa shape index (κ2) is 6.65. The lowest BCUT2D eigenvalue weighted by Gasteiger charge is -2.28. The molecule has 0 N–H and O–H groups in total. The topological polar surface area (TPSA) is 50.6 Å². The van der Waals surface area contributed by atoms with Crippen molar-refractivity contribution in [1.82, 2.24) is 19.6 Å². The second-order valence-electron chi connectivity index (χ2n) is 6.44. The van der Waals surface area contributed by atoms with Crippen LogP contribution < -0.4 is 4.74 Å². The van der Waals surface area contributed by atoms with E-state index in [4.69, 9.17) is 4.74 Å². The van der Waals surface area contributed by atoms with Gasteiger partial charge in [-0.2, -0.15) is 5.10 Å². The Balaban J connectivity index is 1.79. The molecule has 1 aliphatic heterocycles. The standard InChI is InChI=1S/C18H24N4O2/c1-20(2)11-16-15-9-10-22(12-17(15)21(3)19-16)18(23)13-5-7-14(24-4)8-6-13/h5-8H,9-12H2,1-4H3. The molecule has 0 saturated carbocycles. The van der Waals surface area contributed by atoms with Crippen LogP contribution >= 0.6 is 0 Å². The number of amides is 1. The van der Waals surface area contributed by atoms with E-state index in [-0.39, 0.29) is 5.91 Å². The molecular formula is C18H24N4O2. The molecule has 1 amide bonds. The van der Waals surface area contributed by atoms with Gasteiger partial charge in [0.15, 0.2) is 0 Å². The Morgan fingerprint density at radius 3 is 2.62 bits per heavy atom. The summed E-state index contributed by atoms with van der Waals surface area (Å²) in [4.78, 5) is 16.8. The minimum atomic E-state index is 0.0543. The highest BCUT2D eigenvalue weighted by atomic mass is 16.5. The molecule has 1 aromatic heterocycles. The summed E-state index contributed by atoms with van der Waals surface area (Å²) < 4.78 is 7.07. The van der Waals surface area contributed by atoms with Gasteiger partial charge in [-0.3, -0.25) is 9.48 Å². The molecule has 0 unspecified atom stereocenters. The fourth-order valence-electron chi connectivity index (χ4n) is 3.17. The zero-order valence-electron chi connectivity index (χ0n) is 14.7. The van der Waals surface area contributed by atoms with Crippen LogP contribution in [0.5, 0.6) is 5.75 Å². The number of hydrogen-bond acceptors (Lipinski definition) is 4. The molecule has 6 heteroatoms. The Bertz CT molecular complexity index is 734. The lowest BCUT2D eigenvalue weighted by atomic mass is 10.0. The molecule has 0 atom stereocenters. The van der Waals surface area contributed by atoms with Gasteiger partial charge in [-0.05, 0) is 44.8 Å². The maximum absolute atomic E-state index is 12.8. The van der Waals surface area contributed by atoms with Crippen LogP contribution in [0.25, 0.3) is 0 Å². The lowest BCUT2D eigenvalue weighted by Crippen LogP contribution is -2.36. The summed E-state index contributed by atoms with van der Waals surface area (Å²) in [5, 5.41) is 4.64. The molecule has 6 nitrogen and oxygen atoms in total. The van der Waals surface area contributed by atoms with Gasteiger partial charge in [-0.1, -0.05) is 0 Å². The summed E-state index contributed by atoms with van der Waals surface area (Å²) >= 11 is 0. The molecule has 0 bridgehead atoms. The Labute approximate surface area is 142 Å². The van der Waals surface area contributed by atoms with Gasteiger partial charge in [0, 0.05) is 31.3 Å². The number of methoxy groups -OCH3 is 1. The van der Waals surface area contributed by atoms with Crippen LogP contribution in [0.15, 0.2) is 24.3 Å². The molecular weight excluding hydrogens is 304 g/mol. The Morgan fingerprint density at radius 1 is 1.29 bits per heavy atom. The molecule has 24 heavy (non-hydrogen) atoms. The lowest BCUT2D eigenvalue weighted by molar-refractivity contribution is 0.0730. The van der Waals surface area contributed by atoms with Gasteiger partial charge in [-0.25, -0.2) is 0 Å². The molecule has 2 heterocycles. The Morgan fingerprint density at radius 2 is 2.00 bits per heavy atom. The van der Waals surface area contributed by atoms with Crippen molar-refractivity contribution >= 4 is 5.91 Å². The molecule has 128 valence electrons. The number of aryl methyl sites for hydroxylation is 1. The van der Waals surface area contributed by atoms with Crippen molar-refractivity contribution < 1.29 is 9.53 Å². The minimum absolute atomic E-state index is 0.0543. The molecule has 0 spiro atoms. The zero-order valence-corrected chi connectivity index (χ0v) is 14.7. The fraction of sp³-hybridized carbons (Fsp3) is 0.444. The van der Waals surface area contributed by atoms with Crippen LogP contribution in [-0.2, 0) is 26.6 Å². The van der Waals surface area contributed by atoms with Crippen LogP contribution in [-0.4, -0.2) is 53.2 Å². The van der Waals surface area contributed by atoms with Crippen LogP contribution in [0.4, 0.5) is 0 Å². The normalized spacial score (nSPS) is 14.0. The molecule has 0 fully saturated rings. The number of carbonyl (C=O) groups is 1. The molecule has 0 saturated heterocycles. The highest BCUT2D eigenvalue weighted by Gasteiger charge is 2.27. The van der Waals surface area contributed by atoms with Crippen molar-refractivity contribution in [3.05, 3.63) is 46.8 Å². The third-order valence-electron chi connectivity index (χ3n) is 4.42. The van der Waals surface area contributed by atoms with Crippen LogP contribution in [0.1, 0.15) is 27.3 Å². The van der Waals surface area contributed by atoms with Crippen molar-refractivity contribution in [3.8, 4) is 5.75 Å². The quantitative estimate of drug-likeness (QED) is 0.857. The first kappa shape index (κ1) is 16.5. The van der Waals surface area contributed by atoms with Gasteiger partial charge >= 0.3 is 0 Å². The zero-order chi connectivity index (χ0) is 17.3. The average molecular weight is 328 g/mol. The van der Waals surface area contributed by atoms with E-state index < -0.39 is 0 Å². The number of hydrogen-bond donors (Lipinski definition) is 0. The van der Waals surface area contributed by atoms with Crippen molar-refractivity contribution in [2.45, 2.75) is 19.5 Å². The first-order valence-electron chi connectivity index (χ1n) is 8.11. The molecule has 2 aromatic rings. The van der Waals surface area contributed by atoms with Gasteiger partial charge in [0.2, 0.25) is 0 Å². The van der Waals surface area contributed by atoms with Crippen molar-refractivity contribution in [2.24, 2.45) is 7.05 Å². The van der Waals surface area contributed by atoms with Crippen LogP contribution in [0, 0.1) is 0 Å². The van der Waals surface area contributed by atoms with Crippen LogP contribution in [0.2, 0.25) is 0 Å². The van der Waals surface area contributed by atoms with E-state index >= 15 is 0 Å². The van der Waals surface area contributed by atoms with E-state index in [1.54, 1.807) is 7.11 Å². The van der Waals surface area contributed by atoms with E-state index in [0.29, 0.717) is 12.1 Å². The maximum Gasteiger partial charge on any atom is 0.254 e. The predicted molar refractivity (Wildman–Crippen MR) is 92.0 cm³/mol. The number of rotatable bonds is 4. The summed E-state index contributed by atoms with van der Waals surface area (Å²) in [5.41, 5.74) is 4.24. The summed E-state index contributed by atoms with van der Waals surface area (Å²) in [7, 11) is 7.67. The van der Waals surface area contributed by atoms with E-state index in [1.807, 2.05) is 55.0 Å².